The van der Waals surface area contributed by atoms with Crippen molar-refractivity contribution in [3.8, 4) is 0 Å². The minimum Gasteiger partial charge on any atom is -0.369 e. The van der Waals surface area contributed by atoms with Crippen molar-refractivity contribution in [2.45, 2.75) is 11.3 Å². The van der Waals surface area contributed by atoms with E-state index in [1.807, 2.05) is 6.07 Å². The van der Waals surface area contributed by atoms with Crippen LogP contribution in [0.1, 0.15) is 20.8 Å². The predicted molar refractivity (Wildman–Crippen MR) is 116 cm³/mol. The molecule has 0 bridgehead atoms. The second-order valence-electron chi connectivity index (χ2n) is 5.75. The average molecular weight is 452 g/mol. The number of nitrogens with zero attached hydrogens (tertiary/aromatic N) is 1. The number of benzene rings is 2. The van der Waals surface area contributed by atoms with Gasteiger partial charge in [-0.15, -0.1) is 23.1 Å². The van der Waals surface area contributed by atoms with Crippen molar-refractivity contribution in [3.63, 3.8) is 0 Å². The molecular formula is C19H15Cl2N3O2S2. The highest BCUT2D eigenvalue weighted by Gasteiger charge is 2.14. The molecule has 0 aliphatic heterocycles. The van der Waals surface area contributed by atoms with Gasteiger partial charge in [-0.1, -0.05) is 35.3 Å². The van der Waals surface area contributed by atoms with Crippen molar-refractivity contribution in [3.05, 3.63) is 74.7 Å². The number of hydrogen-bond acceptors (Lipinski definition) is 5. The van der Waals surface area contributed by atoms with Crippen molar-refractivity contribution in [1.29, 1.82) is 0 Å². The number of nitrogens with two attached hydrogens (primary N) is 1. The summed E-state index contributed by atoms with van der Waals surface area (Å²) in [6.45, 7) is 0. The van der Waals surface area contributed by atoms with E-state index in [0.29, 0.717) is 32.1 Å². The molecule has 0 atom stereocenters. The van der Waals surface area contributed by atoms with Crippen LogP contribution in [0.25, 0.3) is 0 Å². The van der Waals surface area contributed by atoms with E-state index in [0.717, 1.165) is 10.4 Å². The molecule has 0 radical (unpaired) electrons. The number of thioether (sulfide) groups is 1. The zero-order chi connectivity index (χ0) is 20.1. The van der Waals surface area contributed by atoms with Crippen LogP contribution in [0.4, 0.5) is 5.13 Å². The van der Waals surface area contributed by atoms with Gasteiger partial charge in [0.2, 0.25) is 5.91 Å². The summed E-state index contributed by atoms with van der Waals surface area (Å²) in [6.07, 6.45) is 2.27. The van der Waals surface area contributed by atoms with Gasteiger partial charge in [-0.05, 0) is 35.9 Å². The van der Waals surface area contributed by atoms with Crippen molar-refractivity contribution in [2.75, 3.05) is 11.1 Å². The zero-order valence-electron chi connectivity index (χ0n) is 14.4. The van der Waals surface area contributed by atoms with Crippen molar-refractivity contribution < 1.29 is 9.59 Å². The fourth-order valence-corrected chi connectivity index (χ4v) is 4.41. The van der Waals surface area contributed by atoms with Crippen LogP contribution in [0.15, 0.2) is 53.6 Å². The summed E-state index contributed by atoms with van der Waals surface area (Å²) in [5, 5.41) is 4.52. The van der Waals surface area contributed by atoms with Gasteiger partial charge in [0.25, 0.3) is 5.91 Å². The van der Waals surface area contributed by atoms with Gasteiger partial charge < -0.3 is 5.73 Å². The first-order valence-corrected chi connectivity index (χ1v) is 10.7. The number of primary amides is 1. The fourth-order valence-electron chi connectivity index (χ4n) is 2.41. The van der Waals surface area contributed by atoms with Crippen LogP contribution in [-0.2, 0) is 11.2 Å². The quantitative estimate of drug-likeness (QED) is 0.501. The number of amides is 2. The van der Waals surface area contributed by atoms with Crippen LogP contribution >= 0.6 is 46.3 Å². The van der Waals surface area contributed by atoms with Gasteiger partial charge in [-0.3, -0.25) is 14.9 Å². The Hall–Kier alpha value is -2.06. The van der Waals surface area contributed by atoms with Crippen LogP contribution in [-0.4, -0.2) is 22.6 Å². The summed E-state index contributed by atoms with van der Waals surface area (Å²) < 4.78 is 0. The molecule has 1 aromatic heterocycles. The summed E-state index contributed by atoms with van der Waals surface area (Å²) >= 11 is 14.8. The first kappa shape index (κ1) is 20.7. The zero-order valence-corrected chi connectivity index (χ0v) is 17.6. The molecule has 1 heterocycles. The molecule has 0 saturated carbocycles. The van der Waals surface area contributed by atoms with Gasteiger partial charge in [0.05, 0.1) is 11.3 Å². The molecule has 3 N–H and O–H groups in total. The highest BCUT2D eigenvalue weighted by atomic mass is 35.5. The molecule has 0 unspecified atom stereocenters. The smallest absolute Gasteiger partial charge is 0.258 e. The van der Waals surface area contributed by atoms with E-state index >= 15 is 0 Å². The Morgan fingerprint density at radius 1 is 1.18 bits per heavy atom. The molecule has 3 aromatic rings. The minimum absolute atomic E-state index is 0.103. The van der Waals surface area contributed by atoms with Gasteiger partial charge in [-0.25, -0.2) is 4.98 Å². The molecule has 0 fully saturated rings. The van der Waals surface area contributed by atoms with Gasteiger partial charge in [-0.2, -0.15) is 0 Å². The Bertz CT molecular complexity index is 1020. The first-order valence-electron chi connectivity index (χ1n) is 8.12. The number of halogens is 2. The number of carbonyl (C=O) groups excluding carboxylic acids is 2. The Morgan fingerprint density at radius 3 is 2.75 bits per heavy atom. The van der Waals surface area contributed by atoms with Crippen LogP contribution in [0.2, 0.25) is 10.0 Å². The molecule has 3 rings (SSSR count). The van der Waals surface area contributed by atoms with E-state index in [1.165, 1.54) is 23.1 Å². The molecule has 5 nitrogen and oxygen atoms in total. The normalized spacial score (nSPS) is 10.6. The molecule has 144 valence electrons. The Morgan fingerprint density at radius 2 is 1.96 bits per heavy atom. The monoisotopic (exact) mass is 451 g/mol. The lowest BCUT2D eigenvalue weighted by Gasteiger charge is -2.07. The van der Waals surface area contributed by atoms with E-state index in [-0.39, 0.29) is 11.7 Å². The SMILES string of the molecule is NC(=O)CSc1ccccc1C(=O)Nc1ncc(Cc2cc(Cl)ccc2Cl)s1. The lowest BCUT2D eigenvalue weighted by Crippen LogP contribution is -2.15. The molecule has 0 aliphatic rings. The van der Waals surface area contributed by atoms with Crippen LogP contribution in [0.5, 0.6) is 0 Å². The van der Waals surface area contributed by atoms with Gasteiger partial charge in [0.1, 0.15) is 0 Å². The van der Waals surface area contributed by atoms with Crippen molar-refractivity contribution in [1.82, 2.24) is 4.98 Å². The summed E-state index contributed by atoms with van der Waals surface area (Å²) in [4.78, 5) is 29.5. The molecule has 2 aromatic carbocycles. The number of thiazole rings is 1. The summed E-state index contributed by atoms with van der Waals surface area (Å²) in [5.41, 5.74) is 6.54. The number of rotatable bonds is 7. The number of anilines is 1. The van der Waals surface area contributed by atoms with E-state index in [9.17, 15) is 9.59 Å². The standard InChI is InChI=1S/C19H15Cl2N3O2S2/c20-12-5-6-15(21)11(7-12)8-13-9-23-19(28-13)24-18(26)14-3-1-2-4-16(14)27-10-17(22)25/h1-7,9H,8,10H2,(H2,22,25)(H,23,24,26). The van der Waals surface area contributed by atoms with E-state index in [2.05, 4.69) is 10.3 Å². The highest BCUT2D eigenvalue weighted by molar-refractivity contribution is 8.00. The highest BCUT2D eigenvalue weighted by Crippen LogP contribution is 2.28. The third-order valence-electron chi connectivity index (χ3n) is 3.65. The third-order valence-corrected chi connectivity index (χ3v) is 6.26. The minimum atomic E-state index is -0.440. The van der Waals surface area contributed by atoms with Gasteiger partial charge in [0, 0.05) is 32.4 Å². The Labute approximate surface area is 180 Å². The number of carbonyl (C=O) groups is 2. The third kappa shape index (κ3) is 5.48. The Balaban J connectivity index is 1.71. The summed E-state index contributed by atoms with van der Waals surface area (Å²) in [5.74, 6) is -0.634. The second kappa shape index (κ2) is 9.43. The lowest BCUT2D eigenvalue weighted by molar-refractivity contribution is -0.115. The second-order valence-corrected chi connectivity index (χ2v) is 8.73. The van der Waals surface area contributed by atoms with Crippen LogP contribution < -0.4 is 11.1 Å². The predicted octanol–water partition coefficient (Wildman–Crippen LogP) is 4.87. The molecular weight excluding hydrogens is 437 g/mol. The van der Waals surface area contributed by atoms with Crippen molar-refractivity contribution >= 4 is 63.2 Å². The van der Waals surface area contributed by atoms with Gasteiger partial charge >= 0.3 is 0 Å². The summed E-state index contributed by atoms with van der Waals surface area (Å²) in [6, 6.07) is 12.3. The van der Waals surface area contributed by atoms with Crippen LogP contribution in [0, 0.1) is 0 Å². The molecule has 28 heavy (non-hydrogen) atoms. The van der Waals surface area contributed by atoms with Gasteiger partial charge in [0.15, 0.2) is 5.13 Å². The fraction of sp³-hybridized carbons (Fsp3) is 0.105. The molecule has 0 aliphatic carbocycles. The summed E-state index contributed by atoms with van der Waals surface area (Å²) in [7, 11) is 0. The largest absolute Gasteiger partial charge is 0.369 e. The number of hydrogen-bond donors (Lipinski definition) is 2. The number of nitrogens with one attached hydrogen (secondary N) is 1. The maximum absolute atomic E-state index is 12.6. The van der Waals surface area contributed by atoms with E-state index in [4.69, 9.17) is 28.9 Å². The number of aromatic nitrogens is 1. The molecule has 9 heteroatoms. The average Bonchev–Trinajstić information content (AvgIpc) is 3.10. The Kier molecular flexibility index (Phi) is 6.96. The van der Waals surface area contributed by atoms with E-state index < -0.39 is 5.91 Å². The first-order chi connectivity index (χ1) is 13.4. The topological polar surface area (TPSA) is 85.1 Å². The van der Waals surface area contributed by atoms with Crippen molar-refractivity contribution in [2.24, 2.45) is 5.73 Å². The molecule has 2 amide bonds. The maximum atomic E-state index is 12.6. The maximum Gasteiger partial charge on any atom is 0.258 e. The van der Waals surface area contributed by atoms with E-state index in [1.54, 1.807) is 42.6 Å². The lowest BCUT2D eigenvalue weighted by atomic mass is 10.1. The van der Waals surface area contributed by atoms with Crippen LogP contribution in [0.3, 0.4) is 0 Å². The molecule has 0 spiro atoms. The molecule has 0 saturated heterocycles.